The van der Waals surface area contributed by atoms with Gasteiger partial charge in [0.25, 0.3) is 5.91 Å². The van der Waals surface area contributed by atoms with Crippen molar-refractivity contribution < 1.29 is 24.0 Å². The van der Waals surface area contributed by atoms with Crippen molar-refractivity contribution >= 4 is 51.0 Å². The number of nitrogens with one attached hydrogen (secondary N) is 5. The molecular weight excluding hydrogens is 709 g/mol. The van der Waals surface area contributed by atoms with Gasteiger partial charge in [0.1, 0.15) is 0 Å². The van der Waals surface area contributed by atoms with Crippen molar-refractivity contribution in [3.8, 4) is 0 Å². The predicted molar refractivity (Wildman–Crippen MR) is 207 cm³/mol. The van der Waals surface area contributed by atoms with Gasteiger partial charge in [0.05, 0.1) is 6.42 Å². The molecule has 6 unspecified atom stereocenters. The number of pyridine rings is 1. The van der Waals surface area contributed by atoms with Crippen LogP contribution in [0, 0.1) is 35.0 Å². The first-order chi connectivity index (χ1) is 25.6. The van der Waals surface area contributed by atoms with Gasteiger partial charge >= 0.3 is 0 Å². The Morgan fingerprint density at radius 1 is 0.943 bits per heavy atom. The van der Waals surface area contributed by atoms with Gasteiger partial charge in [-0.3, -0.25) is 39.8 Å². The lowest BCUT2D eigenvalue weighted by Gasteiger charge is -2.55. The molecule has 7 atom stereocenters. The van der Waals surface area contributed by atoms with Crippen molar-refractivity contribution in [2.45, 2.75) is 88.2 Å². The van der Waals surface area contributed by atoms with Gasteiger partial charge in [0.2, 0.25) is 17.7 Å². The van der Waals surface area contributed by atoms with Crippen molar-refractivity contribution in [2.75, 3.05) is 19.6 Å². The summed E-state index contributed by atoms with van der Waals surface area (Å²) in [4.78, 5) is 67.6. The van der Waals surface area contributed by atoms with Gasteiger partial charge in [-0.05, 0) is 92.4 Å². The number of hydrogen-bond acceptors (Lipinski definition) is 9. The van der Waals surface area contributed by atoms with E-state index in [0.717, 1.165) is 54.8 Å². The number of ketones is 1. The summed E-state index contributed by atoms with van der Waals surface area (Å²) in [5, 5.41) is 9.99. The highest BCUT2D eigenvalue weighted by molar-refractivity contribution is 8.77. The Hall–Kier alpha value is -3.84. The van der Waals surface area contributed by atoms with E-state index in [-0.39, 0.29) is 52.9 Å². The molecule has 1 saturated heterocycles. The quantitative estimate of drug-likeness (QED) is 0.0999. The fourth-order valence-corrected chi connectivity index (χ4v) is 11.5. The second-order valence-electron chi connectivity index (χ2n) is 15.2. The summed E-state index contributed by atoms with van der Waals surface area (Å²) in [6, 6.07) is 11.0. The van der Waals surface area contributed by atoms with Gasteiger partial charge < -0.3 is 16.0 Å². The Balaban J connectivity index is 0.861. The van der Waals surface area contributed by atoms with E-state index in [1.165, 1.54) is 12.4 Å². The number of nitrogens with zero attached hydrogens (tertiary/aromatic N) is 1. The standard InChI is InChI=1S/C40H52N6O5S2/c1-25(8-13-36(48)45-46-38(50)26-15-20-41-21-16-26)52-53-34-7-4-3-6-27(34)22-37(49)42-18-5-19-43-39(51)31-10-9-30-29(31)11-12-33-32(30)24-44-35-23-28(47)14-17-40(33,35)2/h3-4,6-7,15-16,20-21,23,25,29-33,44H,5,8-14,17-19,22,24H2,1-2H3,(H,42,49)(H,43,51)(H,45,48)(H,46,50)/t25?,29?,30?,31?,32?,33?,40-/m1/s1. The minimum atomic E-state index is -0.398. The molecular formula is C40H52N6O5S2. The first kappa shape index (κ1) is 38.9. The fourth-order valence-electron chi connectivity index (χ4n) is 9.03. The van der Waals surface area contributed by atoms with Crippen molar-refractivity contribution in [2.24, 2.45) is 35.0 Å². The number of rotatable bonds is 14. The summed E-state index contributed by atoms with van der Waals surface area (Å²) >= 11 is 0. The predicted octanol–water partition coefficient (Wildman–Crippen LogP) is 5.14. The molecule has 1 aromatic carbocycles. The van der Waals surface area contributed by atoms with Crippen LogP contribution in [-0.2, 0) is 25.6 Å². The topological polar surface area (TPSA) is 158 Å². The molecule has 1 aliphatic heterocycles. The maximum atomic E-state index is 13.3. The van der Waals surface area contributed by atoms with E-state index in [2.05, 4.69) is 38.7 Å². The Labute approximate surface area is 320 Å². The highest BCUT2D eigenvalue weighted by atomic mass is 33.1. The normalized spacial score (nSPS) is 26.4. The van der Waals surface area contributed by atoms with E-state index >= 15 is 0 Å². The maximum Gasteiger partial charge on any atom is 0.269 e. The van der Waals surface area contributed by atoms with Crippen molar-refractivity contribution in [3.05, 3.63) is 71.7 Å². The summed E-state index contributed by atoms with van der Waals surface area (Å²) in [6.07, 6.45) is 12.5. The molecule has 11 nitrogen and oxygen atoms in total. The van der Waals surface area contributed by atoms with E-state index in [9.17, 15) is 24.0 Å². The monoisotopic (exact) mass is 760 g/mol. The van der Waals surface area contributed by atoms with Crippen LogP contribution in [0.2, 0.25) is 0 Å². The third-order valence-corrected chi connectivity index (χ3v) is 14.9. The molecule has 6 rings (SSSR count). The molecule has 53 heavy (non-hydrogen) atoms. The van der Waals surface area contributed by atoms with Gasteiger partial charge in [0.15, 0.2) is 5.78 Å². The average Bonchev–Trinajstić information content (AvgIpc) is 3.61. The number of carbonyl (C=O) groups excluding carboxylic acids is 5. The van der Waals surface area contributed by atoms with Gasteiger partial charge in [0, 0.05) is 83.7 Å². The van der Waals surface area contributed by atoms with Crippen LogP contribution in [0.15, 0.2) is 65.5 Å². The van der Waals surface area contributed by atoms with Gasteiger partial charge in [-0.2, -0.15) is 0 Å². The number of fused-ring (bicyclic) bond motifs is 5. The number of hydrogen-bond donors (Lipinski definition) is 5. The Morgan fingerprint density at radius 3 is 2.55 bits per heavy atom. The minimum absolute atomic E-state index is 0.0524. The Morgan fingerprint density at radius 2 is 1.72 bits per heavy atom. The third-order valence-electron chi connectivity index (χ3n) is 11.9. The van der Waals surface area contributed by atoms with Crippen molar-refractivity contribution in [1.29, 1.82) is 0 Å². The van der Waals surface area contributed by atoms with Crippen molar-refractivity contribution in [1.82, 2.24) is 31.8 Å². The molecule has 2 heterocycles. The fraction of sp³-hybridized carbons (Fsp3) is 0.550. The molecule has 3 aliphatic carbocycles. The SMILES string of the molecule is CC(CCC(=O)NNC(=O)c1ccncc1)SSc1ccccc1CC(=O)NCCCNC(=O)C1CCC2C1CCC1C2CNC2=CC(=O)CC[C@@]21C. The maximum absolute atomic E-state index is 13.3. The lowest BCUT2D eigenvalue weighted by atomic mass is 9.53. The number of carbonyl (C=O) groups is 5. The number of piperidine rings is 1. The summed E-state index contributed by atoms with van der Waals surface area (Å²) in [6.45, 7) is 6.34. The second kappa shape index (κ2) is 18.0. The molecule has 0 bridgehead atoms. The number of benzene rings is 1. The summed E-state index contributed by atoms with van der Waals surface area (Å²) in [5.41, 5.74) is 7.43. The molecule has 284 valence electrons. The van der Waals surface area contributed by atoms with E-state index in [1.807, 2.05) is 37.3 Å². The molecule has 13 heteroatoms. The van der Waals surface area contributed by atoms with E-state index in [4.69, 9.17) is 0 Å². The highest BCUT2D eigenvalue weighted by Crippen LogP contribution is 2.59. The van der Waals surface area contributed by atoms with Gasteiger partial charge in [-0.25, -0.2) is 0 Å². The molecule has 4 aliphatic rings. The molecule has 2 aromatic rings. The number of amides is 4. The van der Waals surface area contributed by atoms with E-state index in [1.54, 1.807) is 33.7 Å². The number of aromatic nitrogens is 1. The van der Waals surface area contributed by atoms with Gasteiger partial charge in [-0.1, -0.05) is 53.6 Å². The largest absolute Gasteiger partial charge is 0.387 e. The van der Waals surface area contributed by atoms with E-state index in [0.29, 0.717) is 61.6 Å². The summed E-state index contributed by atoms with van der Waals surface area (Å²) in [5.74, 6) is 1.85. The Bertz CT molecular complexity index is 1690. The molecule has 1 aromatic heterocycles. The summed E-state index contributed by atoms with van der Waals surface area (Å²) in [7, 11) is 3.24. The van der Waals surface area contributed by atoms with Crippen LogP contribution in [0.4, 0.5) is 0 Å². The molecule has 0 radical (unpaired) electrons. The second-order valence-corrected chi connectivity index (χ2v) is 17.9. The molecule has 4 amide bonds. The van der Waals surface area contributed by atoms with Crippen LogP contribution >= 0.6 is 21.6 Å². The minimum Gasteiger partial charge on any atom is -0.387 e. The molecule has 3 fully saturated rings. The summed E-state index contributed by atoms with van der Waals surface area (Å²) < 4.78 is 0. The highest BCUT2D eigenvalue weighted by Gasteiger charge is 2.55. The Kier molecular flexibility index (Phi) is 13.2. The zero-order chi connectivity index (χ0) is 37.4. The lowest BCUT2D eigenvalue weighted by molar-refractivity contribution is -0.127. The van der Waals surface area contributed by atoms with Crippen LogP contribution in [0.5, 0.6) is 0 Å². The average molecular weight is 761 g/mol. The molecule has 2 saturated carbocycles. The molecule has 5 N–H and O–H groups in total. The third kappa shape index (κ3) is 9.64. The van der Waals surface area contributed by atoms with E-state index < -0.39 is 5.91 Å². The van der Waals surface area contributed by atoms with Crippen LogP contribution < -0.4 is 26.8 Å². The van der Waals surface area contributed by atoms with Crippen LogP contribution in [0.25, 0.3) is 0 Å². The van der Waals surface area contributed by atoms with Crippen molar-refractivity contribution in [3.63, 3.8) is 0 Å². The molecule has 0 spiro atoms. The lowest BCUT2D eigenvalue weighted by Crippen LogP contribution is -2.55. The smallest absolute Gasteiger partial charge is 0.269 e. The number of hydrazine groups is 1. The van der Waals surface area contributed by atoms with Crippen LogP contribution in [-0.4, -0.2) is 59.3 Å². The first-order valence-corrected chi connectivity index (χ1v) is 21.3. The number of allylic oxidation sites excluding steroid dienone is 2. The zero-order valence-corrected chi connectivity index (χ0v) is 32.3. The van der Waals surface area contributed by atoms with Crippen LogP contribution in [0.3, 0.4) is 0 Å². The first-order valence-electron chi connectivity index (χ1n) is 19.1. The zero-order valence-electron chi connectivity index (χ0n) is 30.7. The van der Waals surface area contributed by atoms with Crippen LogP contribution in [0.1, 0.15) is 87.6 Å². The van der Waals surface area contributed by atoms with Gasteiger partial charge in [-0.15, -0.1) is 0 Å².